The molecule has 1 aromatic heterocycles. The van der Waals surface area contributed by atoms with Gasteiger partial charge in [-0.3, -0.25) is 0 Å². The van der Waals surface area contributed by atoms with Crippen LogP contribution in [0.3, 0.4) is 0 Å². The fourth-order valence-corrected chi connectivity index (χ4v) is 4.94. The van der Waals surface area contributed by atoms with Gasteiger partial charge >= 0.3 is 0 Å². The minimum absolute atomic E-state index is 0.291. The van der Waals surface area contributed by atoms with Gasteiger partial charge in [0.05, 0.1) is 13.7 Å². The van der Waals surface area contributed by atoms with Crippen LogP contribution in [-0.4, -0.2) is 22.8 Å². The molecule has 0 radical (unpaired) electrons. The molecule has 1 heterocycles. The van der Waals surface area contributed by atoms with E-state index in [2.05, 4.69) is 74.3 Å². The Morgan fingerprint density at radius 2 is 1.74 bits per heavy atom. The summed E-state index contributed by atoms with van der Waals surface area (Å²) in [5.41, 5.74) is 1.65. The van der Waals surface area contributed by atoms with Crippen LogP contribution in [0, 0.1) is 0 Å². The van der Waals surface area contributed by atoms with Crippen molar-refractivity contribution >= 4 is 8.07 Å². The third-order valence-electron chi connectivity index (χ3n) is 4.43. The number of benzene rings is 1. The summed E-state index contributed by atoms with van der Waals surface area (Å²) in [4.78, 5) is 4.14. The summed E-state index contributed by atoms with van der Waals surface area (Å²) >= 11 is 0. The molecule has 0 aliphatic rings. The molecule has 1 unspecified atom stereocenters. The monoisotopic (exact) mass is 273 g/mol. The summed E-state index contributed by atoms with van der Waals surface area (Å²) in [6, 6.07) is 10.7. The Kier molecular flexibility index (Phi) is 3.63. The lowest BCUT2D eigenvalue weighted by Gasteiger charge is -2.43. The molecule has 2 rings (SSSR count). The van der Waals surface area contributed by atoms with E-state index in [1.165, 1.54) is 5.56 Å². The molecule has 0 aliphatic heterocycles. The molecule has 1 aromatic carbocycles. The van der Waals surface area contributed by atoms with Gasteiger partial charge in [0.1, 0.15) is 12.7 Å². The average molecular weight is 273 g/mol. The van der Waals surface area contributed by atoms with E-state index in [4.69, 9.17) is 0 Å². The molecule has 0 amide bonds. The minimum atomic E-state index is -1.62. The van der Waals surface area contributed by atoms with Gasteiger partial charge in [-0.1, -0.05) is 64.2 Å². The van der Waals surface area contributed by atoms with Crippen LogP contribution in [0.5, 0.6) is 0 Å². The molecule has 19 heavy (non-hydrogen) atoms. The molecule has 0 saturated carbocycles. The van der Waals surface area contributed by atoms with E-state index in [1.807, 2.05) is 11.0 Å². The van der Waals surface area contributed by atoms with E-state index in [-0.39, 0.29) is 0 Å². The highest BCUT2D eigenvalue weighted by Gasteiger charge is 2.44. The SMILES string of the molecule is CC(C)(C)[Si](C)(C)C(c1ccccc1)n1cncn1. The Morgan fingerprint density at radius 3 is 2.21 bits per heavy atom. The van der Waals surface area contributed by atoms with Crippen molar-refractivity contribution in [1.29, 1.82) is 0 Å². The number of hydrogen-bond acceptors (Lipinski definition) is 2. The van der Waals surface area contributed by atoms with Crippen LogP contribution in [0.25, 0.3) is 0 Å². The Balaban J connectivity index is 2.54. The molecule has 0 fully saturated rings. The lowest BCUT2D eigenvalue weighted by Crippen LogP contribution is -2.47. The summed E-state index contributed by atoms with van der Waals surface area (Å²) in [5.74, 6) is 0. The largest absolute Gasteiger partial charge is 0.249 e. The molecule has 4 heteroatoms. The maximum absolute atomic E-state index is 4.41. The van der Waals surface area contributed by atoms with Crippen molar-refractivity contribution in [2.75, 3.05) is 0 Å². The number of hydrogen-bond donors (Lipinski definition) is 0. The van der Waals surface area contributed by atoms with Crippen molar-refractivity contribution < 1.29 is 0 Å². The van der Waals surface area contributed by atoms with Crippen molar-refractivity contribution in [2.24, 2.45) is 0 Å². The summed E-state index contributed by atoms with van der Waals surface area (Å²) in [7, 11) is -1.62. The molecule has 102 valence electrons. The second-order valence-corrected chi connectivity index (χ2v) is 12.2. The Morgan fingerprint density at radius 1 is 1.11 bits per heavy atom. The zero-order valence-corrected chi connectivity index (χ0v) is 13.5. The third-order valence-corrected chi connectivity index (χ3v) is 10.3. The summed E-state index contributed by atoms with van der Waals surface area (Å²) in [6.45, 7) is 11.9. The first-order valence-electron chi connectivity index (χ1n) is 6.73. The first-order chi connectivity index (χ1) is 8.84. The first kappa shape index (κ1) is 14.0. The maximum atomic E-state index is 4.41. The number of aromatic nitrogens is 3. The molecule has 0 aliphatic carbocycles. The summed E-state index contributed by atoms with van der Waals surface area (Å²) < 4.78 is 2.03. The van der Waals surface area contributed by atoms with Crippen LogP contribution in [-0.2, 0) is 0 Å². The van der Waals surface area contributed by atoms with Gasteiger partial charge < -0.3 is 0 Å². The molecule has 2 aromatic rings. The van der Waals surface area contributed by atoms with Crippen LogP contribution in [0.2, 0.25) is 18.1 Å². The van der Waals surface area contributed by atoms with E-state index in [0.717, 1.165) is 0 Å². The van der Waals surface area contributed by atoms with Gasteiger partial charge in [0.15, 0.2) is 0 Å². The van der Waals surface area contributed by atoms with Crippen molar-refractivity contribution in [2.45, 2.75) is 44.6 Å². The zero-order valence-electron chi connectivity index (χ0n) is 12.5. The van der Waals surface area contributed by atoms with E-state index >= 15 is 0 Å². The number of nitrogens with zero attached hydrogens (tertiary/aromatic N) is 3. The van der Waals surface area contributed by atoms with E-state index in [9.17, 15) is 0 Å². The van der Waals surface area contributed by atoms with E-state index in [1.54, 1.807) is 6.33 Å². The molecule has 3 nitrogen and oxygen atoms in total. The van der Waals surface area contributed by atoms with E-state index in [0.29, 0.717) is 10.7 Å². The Labute approximate surface area is 116 Å². The van der Waals surface area contributed by atoms with Crippen molar-refractivity contribution in [3.05, 3.63) is 48.5 Å². The third kappa shape index (κ3) is 2.63. The molecule has 0 bridgehead atoms. The van der Waals surface area contributed by atoms with Gasteiger partial charge in [-0.15, -0.1) is 0 Å². The predicted molar refractivity (Wildman–Crippen MR) is 81.8 cm³/mol. The highest BCUT2D eigenvalue weighted by molar-refractivity contribution is 6.81. The van der Waals surface area contributed by atoms with Gasteiger partial charge in [0, 0.05) is 0 Å². The summed E-state index contributed by atoms with van der Waals surface area (Å²) in [6.07, 6.45) is 3.47. The van der Waals surface area contributed by atoms with E-state index < -0.39 is 8.07 Å². The standard InChI is InChI=1S/C15H23N3Si/c1-15(2,3)19(4,5)14(18-12-16-11-17-18)13-9-7-6-8-10-13/h6-12,14H,1-5H3. The Hall–Kier alpha value is -1.42. The second kappa shape index (κ2) is 4.93. The van der Waals surface area contributed by atoms with Crippen molar-refractivity contribution in [3.8, 4) is 0 Å². The molecule has 0 spiro atoms. The zero-order chi connectivity index (χ0) is 14.1. The van der Waals surface area contributed by atoms with Gasteiger partial charge in [-0.2, -0.15) is 5.10 Å². The second-order valence-electron chi connectivity index (χ2n) is 6.66. The highest BCUT2D eigenvalue weighted by atomic mass is 28.3. The lowest BCUT2D eigenvalue weighted by molar-refractivity contribution is 0.592. The van der Waals surface area contributed by atoms with Crippen molar-refractivity contribution in [3.63, 3.8) is 0 Å². The molecule has 0 saturated heterocycles. The molecular weight excluding hydrogens is 250 g/mol. The van der Waals surface area contributed by atoms with Crippen LogP contribution in [0.1, 0.15) is 32.0 Å². The molecule has 1 atom stereocenters. The van der Waals surface area contributed by atoms with Gasteiger partial charge in [0.2, 0.25) is 0 Å². The van der Waals surface area contributed by atoms with Crippen LogP contribution in [0.15, 0.2) is 43.0 Å². The average Bonchev–Trinajstić information content (AvgIpc) is 2.82. The Bertz CT molecular complexity index is 512. The lowest BCUT2D eigenvalue weighted by atomic mass is 10.2. The van der Waals surface area contributed by atoms with Crippen LogP contribution < -0.4 is 0 Å². The minimum Gasteiger partial charge on any atom is -0.249 e. The van der Waals surface area contributed by atoms with Gasteiger partial charge in [-0.05, 0) is 10.6 Å². The quantitative estimate of drug-likeness (QED) is 0.794. The number of rotatable bonds is 3. The fourth-order valence-electron chi connectivity index (χ4n) is 2.30. The fraction of sp³-hybridized carbons (Fsp3) is 0.467. The highest BCUT2D eigenvalue weighted by Crippen LogP contribution is 2.44. The summed E-state index contributed by atoms with van der Waals surface area (Å²) in [5, 5.41) is 4.70. The van der Waals surface area contributed by atoms with Crippen LogP contribution in [0.4, 0.5) is 0 Å². The van der Waals surface area contributed by atoms with Gasteiger partial charge in [0.25, 0.3) is 0 Å². The maximum Gasteiger partial charge on any atom is 0.137 e. The normalized spacial score (nSPS) is 14.4. The van der Waals surface area contributed by atoms with Crippen LogP contribution >= 0.6 is 0 Å². The first-order valence-corrected chi connectivity index (χ1v) is 9.81. The van der Waals surface area contributed by atoms with Crippen molar-refractivity contribution in [1.82, 2.24) is 14.8 Å². The topological polar surface area (TPSA) is 30.7 Å². The van der Waals surface area contributed by atoms with Gasteiger partial charge in [-0.25, -0.2) is 9.67 Å². The molecule has 0 N–H and O–H groups in total. The molecular formula is C15H23N3Si. The predicted octanol–water partition coefficient (Wildman–Crippen LogP) is 3.92. The smallest absolute Gasteiger partial charge is 0.137 e.